The lowest BCUT2D eigenvalue weighted by Gasteiger charge is -2.22. The summed E-state index contributed by atoms with van der Waals surface area (Å²) in [7, 11) is -0.815. The van der Waals surface area contributed by atoms with Gasteiger partial charge in [-0.05, 0) is 64.8 Å². The second-order valence-electron chi connectivity index (χ2n) is 14.5. The highest BCUT2D eigenvalue weighted by atomic mass is 31.1. The lowest BCUT2D eigenvalue weighted by atomic mass is 9.98. The summed E-state index contributed by atoms with van der Waals surface area (Å²) in [6.07, 6.45) is 0. The lowest BCUT2D eigenvalue weighted by molar-refractivity contribution is 1.07. The molecule has 8 aromatic carbocycles. The quantitative estimate of drug-likeness (QED) is 0.159. The predicted octanol–water partition coefficient (Wildman–Crippen LogP) is 11.9. The molecule has 0 bridgehead atoms. The first kappa shape index (κ1) is 34.0. The van der Waals surface area contributed by atoms with E-state index in [0.717, 1.165) is 33.5 Å². The van der Waals surface area contributed by atoms with Gasteiger partial charge in [0.25, 0.3) is 0 Å². The van der Waals surface area contributed by atoms with Crippen molar-refractivity contribution in [2.45, 2.75) is 0 Å². The summed E-state index contributed by atoms with van der Waals surface area (Å²) < 4.78 is 2.49. The van der Waals surface area contributed by atoms with Crippen LogP contribution >= 0.6 is 7.92 Å². The van der Waals surface area contributed by atoms with E-state index in [1.165, 1.54) is 49.2 Å². The zero-order valence-corrected chi connectivity index (χ0v) is 32.3. The highest BCUT2D eigenvalue weighted by molar-refractivity contribution is 7.80. The SMILES string of the molecule is c1ccc(-c2nc(-c3ccccc3)nc(-c3cccc(-c4cccc(-n5c6c(c7ccccc75)-c5ccccc5P(c5ccccc5)c5ccccc5-6)c4)c3)n2)cc1. The first-order chi connectivity index (χ1) is 28.8. The number of para-hydroxylation sites is 1. The van der Waals surface area contributed by atoms with Crippen LogP contribution in [0.15, 0.2) is 212 Å². The molecule has 2 aromatic heterocycles. The average Bonchev–Trinajstić information content (AvgIpc) is 3.59. The van der Waals surface area contributed by atoms with Crippen molar-refractivity contribution in [1.29, 1.82) is 0 Å². The van der Waals surface area contributed by atoms with Crippen molar-refractivity contribution in [2.24, 2.45) is 0 Å². The van der Waals surface area contributed by atoms with Crippen molar-refractivity contribution >= 4 is 34.7 Å². The largest absolute Gasteiger partial charge is 0.309 e. The van der Waals surface area contributed by atoms with E-state index in [-0.39, 0.29) is 0 Å². The second kappa shape index (κ2) is 14.4. The minimum atomic E-state index is -0.815. The zero-order valence-electron chi connectivity index (χ0n) is 31.4. The Kier molecular flexibility index (Phi) is 8.42. The molecular formula is C53H35N4P. The van der Waals surface area contributed by atoms with Crippen molar-refractivity contribution in [2.75, 3.05) is 0 Å². The predicted molar refractivity (Wildman–Crippen MR) is 242 cm³/mol. The molecule has 4 nitrogen and oxygen atoms in total. The number of fused-ring (bicyclic) bond motifs is 7. The third kappa shape index (κ3) is 5.86. The third-order valence-corrected chi connectivity index (χ3v) is 13.5. The van der Waals surface area contributed by atoms with Crippen molar-refractivity contribution < 1.29 is 0 Å². The van der Waals surface area contributed by atoms with Crippen molar-refractivity contribution in [3.05, 3.63) is 212 Å². The van der Waals surface area contributed by atoms with E-state index in [1.807, 2.05) is 60.7 Å². The molecule has 0 aliphatic carbocycles. The van der Waals surface area contributed by atoms with Crippen LogP contribution in [-0.4, -0.2) is 19.5 Å². The number of benzene rings is 8. The molecule has 1 unspecified atom stereocenters. The zero-order chi connectivity index (χ0) is 38.4. The van der Waals surface area contributed by atoms with E-state index in [2.05, 4.69) is 156 Å². The Morgan fingerprint density at radius 2 is 0.845 bits per heavy atom. The van der Waals surface area contributed by atoms with Gasteiger partial charge in [-0.3, -0.25) is 0 Å². The van der Waals surface area contributed by atoms with E-state index >= 15 is 0 Å². The molecule has 0 spiro atoms. The van der Waals surface area contributed by atoms with Gasteiger partial charge in [0, 0.05) is 38.9 Å². The van der Waals surface area contributed by atoms with Gasteiger partial charge in [0.1, 0.15) is 0 Å². The average molecular weight is 759 g/mol. The molecule has 0 N–H and O–H groups in total. The fourth-order valence-corrected chi connectivity index (χ4v) is 11.0. The number of hydrogen-bond acceptors (Lipinski definition) is 3. The van der Waals surface area contributed by atoms with Crippen LogP contribution in [0.3, 0.4) is 0 Å². The Hall–Kier alpha value is -7.26. The fraction of sp³-hybridized carbons (Fsp3) is 0. The van der Waals surface area contributed by atoms with Gasteiger partial charge in [0.15, 0.2) is 17.5 Å². The van der Waals surface area contributed by atoms with Gasteiger partial charge >= 0.3 is 0 Å². The second-order valence-corrected chi connectivity index (χ2v) is 16.6. The highest BCUT2D eigenvalue weighted by Gasteiger charge is 2.32. The molecule has 0 fully saturated rings. The molecule has 58 heavy (non-hydrogen) atoms. The van der Waals surface area contributed by atoms with Crippen LogP contribution in [-0.2, 0) is 0 Å². The van der Waals surface area contributed by atoms with Crippen LogP contribution in [0.5, 0.6) is 0 Å². The number of nitrogens with zero attached hydrogens (tertiary/aromatic N) is 4. The number of aromatic nitrogens is 4. The summed E-state index contributed by atoms with van der Waals surface area (Å²) >= 11 is 0. The summed E-state index contributed by atoms with van der Waals surface area (Å²) in [5.74, 6) is 1.93. The first-order valence-electron chi connectivity index (χ1n) is 19.5. The molecule has 1 aliphatic heterocycles. The van der Waals surface area contributed by atoms with Gasteiger partial charge in [-0.1, -0.05) is 188 Å². The Balaban J connectivity index is 1.09. The molecule has 10 aromatic rings. The maximum Gasteiger partial charge on any atom is 0.164 e. The molecule has 0 saturated carbocycles. The molecule has 0 radical (unpaired) electrons. The third-order valence-electron chi connectivity index (χ3n) is 11.0. The monoisotopic (exact) mass is 758 g/mol. The molecular weight excluding hydrogens is 724 g/mol. The molecule has 0 amide bonds. The van der Waals surface area contributed by atoms with Crippen molar-refractivity contribution in [3.63, 3.8) is 0 Å². The Morgan fingerprint density at radius 1 is 0.362 bits per heavy atom. The fourth-order valence-electron chi connectivity index (χ4n) is 8.37. The molecule has 5 heteroatoms. The molecule has 3 heterocycles. The molecule has 0 saturated heterocycles. The van der Waals surface area contributed by atoms with Gasteiger partial charge in [0.2, 0.25) is 0 Å². The van der Waals surface area contributed by atoms with Crippen LogP contribution in [0, 0.1) is 0 Å². The number of rotatable bonds is 6. The maximum atomic E-state index is 5.03. The Bertz CT molecular complexity index is 3060. The van der Waals surface area contributed by atoms with Gasteiger partial charge in [-0.15, -0.1) is 0 Å². The standard InChI is InChI=1S/C53H35N4P/c1-4-18-36(19-5-1)51-54-52(37-20-6-2-7-21-37)56-53(55-51)40-24-16-22-38(34-40)39-23-17-25-41(35-39)57-46-31-13-10-28-43(46)49-44-29-11-14-32-47(44)58(42-26-8-3-9-27-42)48-33-15-12-30-45(48)50(49)57/h1-35H. The molecule has 1 atom stereocenters. The summed E-state index contributed by atoms with van der Waals surface area (Å²) in [4.78, 5) is 15.0. The summed E-state index contributed by atoms with van der Waals surface area (Å²) in [5, 5.41) is 5.35. The van der Waals surface area contributed by atoms with E-state index in [1.54, 1.807) is 0 Å². The van der Waals surface area contributed by atoms with Crippen LogP contribution < -0.4 is 15.9 Å². The van der Waals surface area contributed by atoms with Gasteiger partial charge in [-0.25, -0.2) is 15.0 Å². The molecule has 1 aliphatic rings. The summed E-state index contributed by atoms with van der Waals surface area (Å²) in [6, 6.07) is 75.8. The summed E-state index contributed by atoms with van der Waals surface area (Å²) in [6.45, 7) is 0. The van der Waals surface area contributed by atoms with E-state index in [0.29, 0.717) is 17.5 Å². The molecule has 272 valence electrons. The first-order valence-corrected chi connectivity index (χ1v) is 20.9. The van der Waals surface area contributed by atoms with E-state index < -0.39 is 7.92 Å². The minimum absolute atomic E-state index is 0.637. The van der Waals surface area contributed by atoms with E-state index in [9.17, 15) is 0 Å². The van der Waals surface area contributed by atoms with Crippen LogP contribution in [0.25, 0.3) is 84.3 Å². The van der Waals surface area contributed by atoms with Gasteiger partial charge in [0.05, 0.1) is 11.2 Å². The van der Waals surface area contributed by atoms with Gasteiger partial charge < -0.3 is 4.57 Å². The van der Waals surface area contributed by atoms with Crippen molar-refractivity contribution in [3.8, 4) is 73.4 Å². The lowest BCUT2D eigenvalue weighted by Crippen LogP contribution is -2.22. The normalized spacial score (nSPS) is 13.0. The smallest absolute Gasteiger partial charge is 0.164 e. The summed E-state index contributed by atoms with van der Waals surface area (Å²) in [5.41, 5.74) is 12.4. The van der Waals surface area contributed by atoms with Crippen LogP contribution in [0.4, 0.5) is 0 Å². The van der Waals surface area contributed by atoms with Crippen LogP contribution in [0.1, 0.15) is 0 Å². The minimum Gasteiger partial charge on any atom is -0.309 e. The Morgan fingerprint density at radius 3 is 1.53 bits per heavy atom. The maximum absolute atomic E-state index is 5.03. The van der Waals surface area contributed by atoms with Gasteiger partial charge in [-0.2, -0.15) is 0 Å². The van der Waals surface area contributed by atoms with Crippen LogP contribution in [0.2, 0.25) is 0 Å². The molecule has 11 rings (SSSR count). The van der Waals surface area contributed by atoms with E-state index in [4.69, 9.17) is 15.0 Å². The Labute approximate surface area is 338 Å². The topological polar surface area (TPSA) is 43.6 Å². The van der Waals surface area contributed by atoms with Crippen molar-refractivity contribution in [1.82, 2.24) is 19.5 Å². The number of hydrogen-bond donors (Lipinski definition) is 0. The highest BCUT2D eigenvalue weighted by Crippen LogP contribution is 2.50.